The molecule has 0 saturated carbocycles. The lowest BCUT2D eigenvalue weighted by Crippen LogP contribution is -2.15. The Kier molecular flexibility index (Phi) is 11.9. The van der Waals surface area contributed by atoms with E-state index >= 15 is 0 Å². The lowest BCUT2D eigenvalue weighted by Gasteiger charge is -1.98. The number of hydrogen-bond donors (Lipinski definition) is 2. The van der Waals surface area contributed by atoms with Crippen molar-refractivity contribution < 1.29 is 0 Å². The highest BCUT2D eigenvalue weighted by Gasteiger charge is 1.95. The van der Waals surface area contributed by atoms with Gasteiger partial charge in [-0.1, -0.05) is 51.4 Å². The molecule has 0 unspecified atom stereocenters. The second kappa shape index (κ2) is 13.4. The molecule has 0 aromatic rings. The molecule has 108 valence electrons. The van der Waals surface area contributed by atoms with Crippen LogP contribution in [0.2, 0.25) is 0 Å². The summed E-state index contributed by atoms with van der Waals surface area (Å²) < 4.78 is 0. The van der Waals surface area contributed by atoms with E-state index in [4.69, 9.17) is 0 Å². The SMILES string of the molecule is C1CCCCNCCC1.C1CCCCNCCC1. The fourth-order valence-corrected chi connectivity index (χ4v) is 2.66. The Hall–Kier alpha value is -0.0800. The molecule has 0 bridgehead atoms. The van der Waals surface area contributed by atoms with Crippen LogP contribution in [-0.4, -0.2) is 26.2 Å². The van der Waals surface area contributed by atoms with Gasteiger partial charge in [0.05, 0.1) is 0 Å². The van der Waals surface area contributed by atoms with E-state index in [0.717, 1.165) is 0 Å². The Balaban J connectivity index is 0.000000180. The molecule has 0 aromatic heterocycles. The van der Waals surface area contributed by atoms with Crippen molar-refractivity contribution in [3.63, 3.8) is 0 Å². The minimum atomic E-state index is 1.25. The van der Waals surface area contributed by atoms with Crippen molar-refractivity contribution in [2.45, 2.75) is 77.0 Å². The van der Waals surface area contributed by atoms with Crippen molar-refractivity contribution in [2.24, 2.45) is 0 Å². The summed E-state index contributed by atoms with van der Waals surface area (Å²) in [4.78, 5) is 0. The first-order valence-corrected chi connectivity index (χ1v) is 8.41. The number of hydrogen-bond acceptors (Lipinski definition) is 2. The van der Waals surface area contributed by atoms with Crippen LogP contribution in [0.4, 0.5) is 0 Å². The van der Waals surface area contributed by atoms with Gasteiger partial charge in [-0.2, -0.15) is 0 Å². The van der Waals surface area contributed by atoms with E-state index in [9.17, 15) is 0 Å². The topological polar surface area (TPSA) is 24.1 Å². The molecule has 0 atom stereocenters. The summed E-state index contributed by atoms with van der Waals surface area (Å²) in [5, 5.41) is 6.85. The second-order valence-electron chi connectivity index (χ2n) is 5.74. The molecular formula is C16H34N2. The van der Waals surface area contributed by atoms with Gasteiger partial charge in [-0.3, -0.25) is 0 Å². The van der Waals surface area contributed by atoms with Crippen LogP contribution >= 0.6 is 0 Å². The van der Waals surface area contributed by atoms with Crippen LogP contribution in [0.1, 0.15) is 77.0 Å². The summed E-state index contributed by atoms with van der Waals surface area (Å²) in [5.41, 5.74) is 0. The minimum absolute atomic E-state index is 1.25. The molecule has 0 amide bonds. The molecule has 18 heavy (non-hydrogen) atoms. The summed E-state index contributed by atoms with van der Waals surface area (Å²) in [6.07, 6.45) is 17.1. The quantitative estimate of drug-likeness (QED) is 0.686. The third-order valence-electron chi connectivity index (χ3n) is 3.91. The van der Waals surface area contributed by atoms with E-state index in [-0.39, 0.29) is 0 Å². The maximum atomic E-state index is 3.43. The van der Waals surface area contributed by atoms with Crippen LogP contribution in [0.25, 0.3) is 0 Å². The maximum absolute atomic E-state index is 3.43. The van der Waals surface area contributed by atoms with Crippen molar-refractivity contribution in [1.29, 1.82) is 0 Å². The molecule has 0 aromatic carbocycles. The molecule has 2 saturated heterocycles. The van der Waals surface area contributed by atoms with Gasteiger partial charge in [-0.05, 0) is 51.9 Å². The standard InChI is InChI=1S/2C8H17N/c2*1-2-4-6-8-9-7-5-3-1/h2*9H,1-8H2. The fourth-order valence-electron chi connectivity index (χ4n) is 2.66. The van der Waals surface area contributed by atoms with E-state index in [1.54, 1.807) is 0 Å². The van der Waals surface area contributed by atoms with Gasteiger partial charge in [0.2, 0.25) is 0 Å². The highest BCUT2D eigenvalue weighted by atomic mass is 14.8. The molecule has 2 aliphatic rings. The Morgan fingerprint density at radius 2 is 0.500 bits per heavy atom. The van der Waals surface area contributed by atoms with Crippen LogP contribution in [0.15, 0.2) is 0 Å². The first kappa shape index (κ1) is 16.0. The largest absolute Gasteiger partial charge is 0.317 e. The van der Waals surface area contributed by atoms with Gasteiger partial charge >= 0.3 is 0 Å². The zero-order valence-corrected chi connectivity index (χ0v) is 12.3. The van der Waals surface area contributed by atoms with Gasteiger partial charge in [0.1, 0.15) is 0 Å². The van der Waals surface area contributed by atoms with Crippen LogP contribution in [0, 0.1) is 0 Å². The molecule has 2 fully saturated rings. The van der Waals surface area contributed by atoms with Crippen LogP contribution in [-0.2, 0) is 0 Å². The van der Waals surface area contributed by atoms with Gasteiger partial charge in [-0.15, -0.1) is 0 Å². The summed E-state index contributed by atoms with van der Waals surface area (Å²) in [5.74, 6) is 0. The third-order valence-corrected chi connectivity index (χ3v) is 3.91. The van der Waals surface area contributed by atoms with Gasteiger partial charge in [0.25, 0.3) is 0 Å². The van der Waals surface area contributed by atoms with Crippen molar-refractivity contribution >= 4 is 0 Å². The molecule has 2 heteroatoms. The molecule has 2 N–H and O–H groups in total. The molecule has 2 nitrogen and oxygen atoms in total. The summed E-state index contributed by atoms with van der Waals surface area (Å²) >= 11 is 0. The van der Waals surface area contributed by atoms with Crippen molar-refractivity contribution in [3.05, 3.63) is 0 Å². The molecule has 2 heterocycles. The second-order valence-corrected chi connectivity index (χ2v) is 5.74. The molecule has 0 radical (unpaired) electrons. The molecule has 2 rings (SSSR count). The molecule has 0 aliphatic carbocycles. The summed E-state index contributed by atoms with van der Waals surface area (Å²) in [6.45, 7) is 5.00. The van der Waals surface area contributed by atoms with E-state index in [1.807, 2.05) is 0 Å². The van der Waals surface area contributed by atoms with Crippen molar-refractivity contribution in [2.75, 3.05) is 26.2 Å². The van der Waals surface area contributed by atoms with Gasteiger partial charge in [0, 0.05) is 0 Å². The molecule has 0 spiro atoms. The number of rotatable bonds is 0. The van der Waals surface area contributed by atoms with Crippen molar-refractivity contribution in [3.8, 4) is 0 Å². The van der Waals surface area contributed by atoms with E-state index in [1.165, 1.54) is 103 Å². The van der Waals surface area contributed by atoms with Gasteiger partial charge in [0.15, 0.2) is 0 Å². The predicted molar refractivity (Wildman–Crippen MR) is 81.1 cm³/mol. The predicted octanol–water partition coefficient (Wildman–Crippen LogP) is 3.86. The van der Waals surface area contributed by atoms with Crippen molar-refractivity contribution in [1.82, 2.24) is 10.6 Å². The van der Waals surface area contributed by atoms with Gasteiger partial charge in [-0.25, -0.2) is 0 Å². The molecular weight excluding hydrogens is 220 g/mol. The average Bonchev–Trinajstić information content (AvgIpc) is 2.65. The monoisotopic (exact) mass is 254 g/mol. The number of nitrogens with one attached hydrogen (secondary N) is 2. The zero-order chi connectivity index (χ0) is 12.7. The first-order valence-electron chi connectivity index (χ1n) is 8.41. The Morgan fingerprint density at radius 3 is 0.778 bits per heavy atom. The van der Waals surface area contributed by atoms with Crippen LogP contribution < -0.4 is 10.6 Å². The lowest BCUT2D eigenvalue weighted by molar-refractivity contribution is 0.633. The smallest absolute Gasteiger partial charge is 0.00489 e. The minimum Gasteiger partial charge on any atom is -0.317 e. The maximum Gasteiger partial charge on any atom is -0.00489 e. The van der Waals surface area contributed by atoms with Crippen LogP contribution in [0.3, 0.4) is 0 Å². The fraction of sp³-hybridized carbons (Fsp3) is 1.00. The summed E-state index contributed by atoms with van der Waals surface area (Å²) in [7, 11) is 0. The highest BCUT2D eigenvalue weighted by molar-refractivity contribution is 4.54. The third kappa shape index (κ3) is 11.0. The van der Waals surface area contributed by atoms with Crippen LogP contribution in [0.5, 0.6) is 0 Å². The van der Waals surface area contributed by atoms with E-state index in [0.29, 0.717) is 0 Å². The van der Waals surface area contributed by atoms with E-state index in [2.05, 4.69) is 10.6 Å². The normalized spacial score (nSPS) is 24.0. The molecule has 2 aliphatic heterocycles. The first-order chi connectivity index (χ1) is 9.00. The lowest BCUT2D eigenvalue weighted by atomic mass is 10.1. The summed E-state index contributed by atoms with van der Waals surface area (Å²) in [6, 6.07) is 0. The Labute approximate surface area is 114 Å². The van der Waals surface area contributed by atoms with E-state index < -0.39 is 0 Å². The zero-order valence-electron chi connectivity index (χ0n) is 12.3. The Bertz CT molecular complexity index is 84.1. The van der Waals surface area contributed by atoms with Gasteiger partial charge < -0.3 is 10.6 Å². The Morgan fingerprint density at radius 1 is 0.278 bits per heavy atom. The highest BCUT2D eigenvalue weighted by Crippen LogP contribution is 2.06. The average molecular weight is 254 g/mol.